The number of alkyl halides is 3. The van der Waals surface area contributed by atoms with Crippen LogP contribution in [0.3, 0.4) is 0 Å². The molecule has 0 aromatic heterocycles. The molecule has 3 saturated carbocycles. The van der Waals surface area contributed by atoms with E-state index in [-0.39, 0.29) is 5.92 Å². The fourth-order valence-corrected chi connectivity index (χ4v) is 3.03. The zero-order chi connectivity index (χ0) is 9.64. The van der Waals surface area contributed by atoms with Crippen LogP contribution in [0.25, 0.3) is 0 Å². The van der Waals surface area contributed by atoms with Crippen molar-refractivity contribution in [2.75, 3.05) is 0 Å². The number of rotatable bonds is 1. The monoisotopic (exact) mass is 192 g/mol. The third kappa shape index (κ3) is 1.46. The highest BCUT2D eigenvalue weighted by molar-refractivity contribution is 4.97. The van der Waals surface area contributed by atoms with Crippen LogP contribution >= 0.6 is 0 Å². The smallest absolute Gasteiger partial charge is 0.171 e. The van der Waals surface area contributed by atoms with Gasteiger partial charge in [0.05, 0.1) is 5.92 Å². The highest BCUT2D eigenvalue weighted by atomic mass is 19.4. The maximum Gasteiger partial charge on any atom is 0.392 e. The summed E-state index contributed by atoms with van der Waals surface area (Å²) in [6, 6.07) is 0. The van der Waals surface area contributed by atoms with Crippen molar-refractivity contribution in [2.45, 2.75) is 38.8 Å². The van der Waals surface area contributed by atoms with E-state index >= 15 is 0 Å². The van der Waals surface area contributed by atoms with Crippen molar-refractivity contribution in [3.05, 3.63) is 0 Å². The van der Waals surface area contributed by atoms with Gasteiger partial charge in [-0.05, 0) is 37.0 Å². The average molecular weight is 192 g/mol. The summed E-state index contributed by atoms with van der Waals surface area (Å²) in [5.74, 6) is -0.0551. The molecule has 0 heterocycles. The van der Waals surface area contributed by atoms with Crippen molar-refractivity contribution >= 4 is 0 Å². The molecule has 3 aliphatic rings. The Morgan fingerprint density at radius 3 is 2.15 bits per heavy atom. The molecule has 3 heteroatoms. The summed E-state index contributed by atoms with van der Waals surface area (Å²) in [6.45, 7) is 2.01. The summed E-state index contributed by atoms with van der Waals surface area (Å²) < 4.78 is 37.6. The van der Waals surface area contributed by atoms with Gasteiger partial charge in [-0.15, -0.1) is 0 Å². The van der Waals surface area contributed by atoms with E-state index in [1.54, 1.807) is 0 Å². The minimum Gasteiger partial charge on any atom is -0.171 e. The van der Waals surface area contributed by atoms with E-state index in [1.807, 2.05) is 6.92 Å². The van der Waals surface area contributed by atoms with Crippen molar-refractivity contribution in [2.24, 2.45) is 23.7 Å². The first-order valence-electron chi connectivity index (χ1n) is 5.09. The number of hydrogen-bond acceptors (Lipinski definition) is 0. The van der Waals surface area contributed by atoms with Crippen molar-refractivity contribution in [1.82, 2.24) is 0 Å². The van der Waals surface area contributed by atoms with Gasteiger partial charge in [0.2, 0.25) is 0 Å². The summed E-state index contributed by atoms with van der Waals surface area (Å²) in [7, 11) is 0. The third-order valence-corrected chi connectivity index (χ3v) is 3.95. The van der Waals surface area contributed by atoms with Crippen LogP contribution in [0.1, 0.15) is 32.6 Å². The second-order valence-electron chi connectivity index (χ2n) is 4.54. The van der Waals surface area contributed by atoms with Crippen LogP contribution in [0.4, 0.5) is 13.2 Å². The Kier molecular flexibility index (Phi) is 2.08. The quantitative estimate of drug-likeness (QED) is 0.595. The first-order chi connectivity index (χ1) is 6.02. The molecule has 0 N–H and O–H groups in total. The van der Waals surface area contributed by atoms with Crippen LogP contribution in [0.2, 0.25) is 0 Å². The Labute approximate surface area is 76.5 Å². The van der Waals surface area contributed by atoms with Crippen molar-refractivity contribution in [1.29, 1.82) is 0 Å². The van der Waals surface area contributed by atoms with Crippen molar-refractivity contribution in [3.8, 4) is 0 Å². The SMILES string of the molecule is CCC1CC(C(F)(F)F)C2CC1C2. The molecule has 76 valence electrons. The minimum atomic E-state index is -3.94. The van der Waals surface area contributed by atoms with Gasteiger partial charge in [0, 0.05) is 0 Å². The normalized spacial score (nSPS) is 44.3. The van der Waals surface area contributed by atoms with Crippen LogP contribution in [0.15, 0.2) is 0 Å². The fraction of sp³-hybridized carbons (Fsp3) is 1.00. The molecule has 3 fully saturated rings. The molecule has 0 saturated heterocycles. The molecule has 13 heavy (non-hydrogen) atoms. The van der Waals surface area contributed by atoms with Gasteiger partial charge in [-0.3, -0.25) is 0 Å². The molecule has 2 atom stereocenters. The summed E-state index contributed by atoms with van der Waals surface area (Å²) in [5.41, 5.74) is 0. The maximum absolute atomic E-state index is 12.5. The summed E-state index contributed by atoms with van der Waals surface area (Å²) in [6.07, 6.45) is -0.950. The van der Waals surface area contributed by atoms with Crippen LogP contribution < -0.4 is 0 Å². The zero-order valence-corrected chi connectivity index (χ0v) is 7.77. The lowest BCUT2D eigenvalue weighted by atomic mass is 9.55. The lowest BCUT2D eigenvalue weighted by molar-refractivity contribution is -0.225. The fourth-order valence-electron chi connectivity index (χ4n) is 3.03. The maximum atomic E-state index is 12.5. The Bertz CT molecular complexity index is 191. The van der Waals surface area contributed by atoms with Crippen molar-refractivity contribution in [3.63, 3.8) is 0 Å². The van der Waals surface area contributed by atoms with E-state index in [4.69, 9.17) is 0 Å². The van der Waals surface area contributed by atoms with Gasteiger partial charge < -0.3 is 0 Å². The van der Waals surface area contributed by atoms with E-state index in [1.165, 1.54) is 0 Å². The molecule has 3 rings (SSSR count). The predicted octanol–water partition coefficient (Wildman–Crippen LogP) is 3.62. The van der Waals surface area contributed by atoms with Gasteiger partial charge in [0.1, 0.15) is 0 Å². The third-order valence-electron chi connectivity index (χ3n) is 3.95. The molecule has 0 amide bonds. The molecular weight excluding hydrogens is 177 g/mol. The van der Waals surface area contributed by atoms with E-state index < -0.39 is 12.1 Å². The molecule has 0 aromatic carbocycles. The van der Waals surface area contributed by atoms with Gasteiger partial charge in [0.25, 0.3) is 0 Å². The van der Waals surface area contributed by atoms with Gasteiger partial charge >= 0.3 is 6.18 Å². The lowest BCUT2D eigenvalue weighted by Gasteiger charge is -2.51. The van der Waals surface area contributed by atoms with Gasteiger partial charge in [-0.25, -0.2) is 0 Å². The molecule has 3 aliphatic carbocycles. The molecule has 0 aromatic rings. The second kappa shape index (κ2) is 2.89. The van der Waals surface area contributed by atoms with Crippen LogP contribution in [-0.2, 0) is 0 Å². The van der Waals surface area contributed by atoms with Gasteiger partial charge in [0.15, 0.2) is 0 Å². The molecule has 0 spiro atoms. The zero-order valence-electron chi connectivity index (χ0n) is 7.77. The molecule has 0 radical (unpaired) electrons. The number of hydrogen-bond donors (Lipinski definition) is 0. The second-order valence-corrected chi connectivity index (χ2v) is 4.54. The lowest BCUT2D eigenvalue weighted by Crippen LogP contribution is -2.47. The summed E-state index contributed by atoms with van der Waals surface area (Å²) in [4.78, 5) is 0. The Morgan fingerprint density at radius 1 is 1.08 bits per heavy atom. The van der Waals surface area contributed by atoms with Gasteiger partial charge in [-0.1, -0.05) is 13.3 Å². The molecular formula is C10H15F3. The molecule has 2 bridgehead atoms. The Morgan fingerprint density at radius 2 is 1.69 bits per heavy atom. The van der Waals surface area contributed by atoms with Crippen molar-refractivity contribution < 1.29 is 13.2 Å². The van der Waals surface area contributed by atoms with Crippen LogP contribution in [0.5, 0.6) is 0 Å². The largest absolute Gasteiger partial charge is 0.392 e. The standard InChI is InChI=1S/C10H15F3/c1-2-6-5-9(10(11,12)13)8-3-7(6)4-8/h6-9H,2-5H2,1H3. The highest BCUT2D eigenvalue weighted by Crippen LogP contribution is 2.57. The number of halogens is 3. The summed E-state index contributed by atoms with van der Waals surface area (Å²) in [5, 5.41) is 0. The topological polar surface area (TPSA) is 0 Å². The highest BCUT2D eigenvalue weighted by Gasteiger charge is 2.54. The Hall–Kier alpha value is -0.210. The minimum absolute atomic E-state index is 0.0344. The van der Waals surface area contributed by atoms with Crippen LogP contribution in [0, 0.1) is 23.7 Å². The summed E-state index contributed by atoms with van der Waals surface area (Å²) >= 11 is 0. The first-order valence-corrected chi connectivity index (χ1v) is 5.09. The average Bonchev–Trinajstić information content (AvgIpc) is 2.00. The molecule has 2 unspecified atom stereocenters. The van der Waals surface area contributed by atoms with E-state index in [0.717, 1.165) is 19.3 Å². The predicted molar refractivity (Wildman–Crippen MR) is 44.2 cm³/mol. The molecule has 0 nitrogen and oxygen atoms in total. The Balaban J connectivity index is 2.05. The number of fused-ring (bicyclic) bond motifs is 2. The van der Waals surface area contributed by atoms with Crippen LogP contribution in [-0.4, -0.2) is 6.18 Å². The van der Waals surface area contributed by atoms with E-state index in [0.29, 0.717) is 18.3 Å². The van der Waals surface area contributed by atoms with Gasteiger partial charge in [-0.2, -0.15) is 13.2 Å². The first kappa shape index (κ1) is 9.35. The van der Waals surface area contributed by atoms with E-state index in [9.17, 15) is 13.2 Å². The van der Waals surface area contributed by atoms with E-state index in [2.05, 4.69) is 0 Å². The molecule has 0 aliphatic heterocycles.